The number of hydrogen-bond donors (Lipinski definition) is 0. The normalized spacial score (nSPS) is 10.8. The molecule has 6 nitrogen and oxygen atoms in total. The van der Waals surface area contributed by atoms with Gasteiger partial charge >= 0.3 is 17.9 Å². The van der Waals surface area contributed by atoms with Gasteiger partial charge in [-0.15, -0.1) is 18.3 Å². The van der Waals surface area contributed by atoms with E-state index in [2.05, 4.69) is 295 Å². The minimum absolute atomic E-state index is 0. The highest BCUT2D eigenvalue weighted by atomic mass is 33.1. The van der Waals surface area contributed by atoms with Crippen LogP contribution >= 0.6 is 110 Å². The van der Waals surface area contributed by atoms with Crippen molar-refractivity contribution < 1.29 is 41.8 Å². The average molecular weight is 1850 g/mol. The average Bonchev–Trinajstić information content (AvgIpc) is 0.957. The van der Waals surface area contributed by atoms with E-state index in [1.165, 1.54) is 71.9 Å². The van der Waals surface area contributed by atoms with Gasteiger partial charge in [0.25, 0.3) is 0 Å². The second-order valence-corrected chi connectivity index (χ2v) is 49.3. The Kier molecular flexibility index (Phi) is 153. The summed E-state index contributed by atoms with van der Waals surface area (Å²) in [4.78, 5) is 33.0. The summed E-state index contributed by atoms with van der Waals surface area (Å²) >= 11 is 3.97. The summed E-state index contributed by atoms with van der Waals surface area (Å²) in [6, 6.07) is 10.5. The molecule has 0 N–H and O–H groups in total. The van der Waals surface area contributed by atoms with Gasteiger partial charge in [-0.05, 0) is 129 Å². The van der Waals surface area contributed by atoms with Gasteiger partial charge in [-0.1, -0.05) is 448 Å². The lowest BCUT2D eigenvalue weighted by molar-refractivity contribution is -0.147. The van der Waals surface area contributed by atoms with Crippen molar-refractivity contribution >= 4 is 128 Å². The molecule has 19 heteroatoms. The maximum absolute atomic E-state index is 11.8. The molecular formula is C97H207F3O6S10. The largest absolute Gasteiger partial charge is 0.466 e. The Morgan fingerprint density at radius 2 is 0.741 bits per heavy atom. The zero-order valence-corrected chi connectivity index (χ0v) is 93.4. The number of carbonyl (C=O) groups is 3. The molecule has 2 atom stereocenters. The Bertz CT molecular complexity index is 1900. The van der Waals surface area contributed by atoms with Crippen molar-refractivity contribution in [3.8, 4) is 0 Å². The third kappa shape index (κ3) is 222. The summed E-state index contributed by atoms with van der Waals surface area (Å²) in [5, 5.41) is 1.61. The second-order valence-electron chi connectivity index (χ2n) is 35.0. The van der Waals surface area contributed by atoms with E-state index in [4.69, 9.17) is 4.74 Å². The van der Waals surface area contributed by atoms with Gasteiger partial charge < -0.3 is 14.2 Å². The topological polar surface area (TPSA) is 78.9 Å². The monoisotopic (exact) mass is 1850 g/mol. The summed E-state index contributed by atoms with van der Waals surface area (Å²) in [6.45, 7) is 108. The minimum Gasteiger partial charge on any atom is -0.466 e. The molecule has 0 fully saturated rings. The van der Waals surface area contributed by atoms with Crippen molar-refractivity contribution in [2.45, 2.75) is 391 Å². The predicted molar refractivity (Wildman–Crippen MR) is 563 cm³/mol. The standard InChI is InChI=1S/C10H14S.C8H18S2.C7H12O2.C7H16S2.C7H16S.2C6H12O2.C6H14S2.C6H12.C5H10F2.C5H11F.C5H12S2.2C5H12.2C4H10.CH4/c1-9(2)8-11-10-6-4-3-5-7-10;1-7(2)6-9-10-8(3,4)5;1-4-5-9-7(8)6(2)3;1-6(2)5-8-9-7(3)4;1-5-8-7(4)6(2)3;2*1-4-8-6(7)5(2)3;1-4-7-8-5-6(2)3;1-4-5-6(2)3;1-4(2)5(3,6)7;1-4(2)5(3)6;1-5(2)4-7-6-3;2*1-4-5(2)3;2*1-4(2)3;/h3-7,9H,8H2,1-2H3;7H,6H2,1-5H3;4,6H,1,5H2,2-3H3;6-7H,5H2,1-4H3;6-7H,5H2,1-4H3;2*5H,4H2,1-3H3;6H,4-5H2,1-3H3;4,6H,1,5H2,2-3H3;4H,1-3H3;4-5H,1-3H3;5H,4H2,1-3H3;2*5H,4H2,1-3H3;2*4H,1-3H3;1H4. The molecule has 0 amide bonds. The molecule has 0 aliphatic carbocycles. The highest BCUT2D eigenvalue weighted by molar-refractivity contribution is 8.77. The zero-order valence-electron chi connectivity index (χ0n) is 85.3. The van der Waals surface area contributed by atoms with Crippen molar-refractivity contribution in [2.24, 2.45) is 94.7 Å². The van der Waals surface area contributed by atoms with Crippen LogP contribution in [0.1, 0.15) is 359 Å². The molecule has 0 saturated carbocycles. The predicted octanol–water partition coefficient (Wildman–Crippen LogP) is 37.5. The lowest BCUT2D eigenvalue weighted by Gasteiger charge is -2.16. The molecule has 1 aromatic carbocycles. The molecule has 116 heavy (non-hydrogen) atoms. The van der Waals surface area contributed by atoms with Crippen molar-refractivity contribution in [3.05, 3.63) is 55.6 Å². The van der Waals surface area contributed by atoms with Crippen molar-refractivity contribution in [3.63, 3.8) is 0 Å². The van der Waals surface area contributed by atoms with Crippen LogP contribution in [0.2, 0.25) is 0 Å². The second kappa shape index (κ2) is 115. The number of carbonyl (C=O) groups excluding carboxylic acids is 3. The highest BCUT2D eigenvalue weighted by Crippen LogP contribution is 2.36. The van der Waals surface area contributed by atoms with E-state index < -0.39 is 18.0 Å². The fourth-order valence-electron chi connectivity index (χ4n) is 3.62. The van der Waals surface area contributed by atoms with E-state index in [1.54, 1.807) is 40.7 Å². The van der Waals surface area contributed by atoms with Crippen molar-refractivity contribution in [2.75, 3.05) is 66.3 Å². The van der Waals surface area contributed by atoms with E-state index in [0.717, 1.165) is 88.9 Å². The molecule has 0 spiro atoms. The SMILES string of the molecule is C.C=CCC(C)C.C=CCOC(=O)C(C)C.CC(C)C.CC(C)C.CC(C)C(C)(F)F.CC(C)C(C)F.CC(C)CSSC(C)(C)C.CC(C)CSSC(C)C.CC(C)CSc1ccccc1.CCC(C)C.CCC(C)C.CCOC(=O)C(C)C.CCOC(=O)C(C)C.CCSC(C)C(C)C.CCSSCC(C)C.CSSCC(C)C. The van der Waals surface area contributed by atoms with Crippen LogP contribution in [0.25, 0.3) is 0 Å². The summed E-state index contributed by atoms with van der Waals surface area (Å²) in [5.41, 5.74) is 0. The molecule has 0 aromatic heterocycles. The number of ether oxygens (including phenoxy) is 3. The van der Waals surface area contributed by atoms with Gasteiger partial charge in [-0.25, -0.2) is 13.2 Å². The molecule has 2 unspecified atom stereocenters. The van der Waals surface area contributed by atoms with E-state index in [-0.39, 0.29) is 49.0 Å². The number of allylic oxidation sites excluding steroid dienone is 1. The number of rotatable bonds is 33. The first kappa shape index (κ1) is 154. The van der Waals surface area contributed by atoms with Crippen LogP contribution in [-0.2, 0) is 28.6 Å². The molecule has 0 aliphatic rings. The summed E-state index contributed by atoms with van der Waals surface area (Å²) in [6.07, 6.45) is 8.72. The van der Waals surface area contributed by atoms with Crippen LogP contribution < -0.4 is 0 Å². The van der Waals surface area contributed by atoms with E-state index in [9.17, 15) is 27.6 Å². The maximum Gasteiger partial charge on any atom is 0.308 e. The van der Waals surface area contributed by atoms with E-state index >= 15 is 0 Å². The summed E-state index contributed by atoms with van der Waals surface area (Å²) < 4.78 is 50.0. The Morgan fingerprint density at radius 1 is 0.431 bits per heavy atom. The van der Waals surface area contributed by atoms with Crippen LogP contribution in [0.4, 0.5) is 13.2 Å². The molecule has 0 aliphatic heterocycles. The van der Waals surface area contributed by atoms with Crippen molar-refractivity contribution in [1.82, 2.24) is 0 Å². The van der Waals surface area contributed by atoms with Gasteiger partial charge in [0.2, 0.25) is 5.92 Å². The van der Waals surface area contributed by atoms with Crippen LogP contribution in [0.15, 0.2) is 60.5 Å². The Labute approximate surface area is 771 Å². The maximum atomic E-state index is 11.8. The first-order chi connectivity index (χ1) is 52.5. The number of hydrogen-bond acceptors (Lipinski definition) is 16. The third-order valence-corrected chi connectivity index (χ3v) is 26.5. The van der Waals surface area contributed by atoms with E-state index in [1.807, 2.05) is 157 Å². The lowest BCUT2D eigenvalue weighted by atomic mass is 10.1. The molecule has 0 heterocycles. The van der Waals surface area contributed by atoms with Crippen LogP contribution in [0.3, 0.4) is 0 Å². The molecular weight excluding hydrogens is 1640 g/mol. The first-order valence-corrected chi connectivity index (χ1v) is 55.4. The summed E-state index contributed by atoms with van der Waals surface area (Å²) in [7, 11) is 15.6. The smallest absolute Gasteiger partial charge is 0.308 e. The minimum atomic E-state index is -2.50. The lowest BCUT2D eigenvalue weighted by Crippen LogP contribution is -2.17. The zero-order chi connectivity index (χ0) is 94.6. The highest BCUT2D eigenvalue weighted by Gasteiger charge is 2.25. The number of alkyl halides is 3. The number of thioether (sulfide) groups is 2. The Morgan fingerprint density at radius 3 is 0.922 bits per heavy atom. The fraction of sp³-hybridized carbons (Fsp3) is 0.866. The van der Waals surface area contributed by atoms with E-state index in [0.29, 0.717) is 24.6 Å². The molecule has 0 radical (unpaired) electrons. The van der Waals surface area contributed by atoms with Crippen LogP contribution in [0, 0.1) is 94.7 Å². The van der Waals surface area contributed by atoms with Crippen LogP contribution in [-0.4, -0.2) is 112 Å². The van der Waals surface area contributed by atoms with Gasteiger partial charge in [0.05, 0.1) is 37.1 Å². The van der Waals surface area contributed by atoms with Crippen LogP contribution in [0.5, 0.6) is 0 Å². The van der Waals surface area contributed by atoms with Gasteiger partial charge in [0.1, 0.15) is 6.61 Å². The molecule has 0 bridgehead atoms. The van der Waals surface area contributed by atoms with Crippen molar-refractivity contribution in [1.29, 1.82) is 0 Å². The Hall–Kier alpha value is 0.400. The summed E-state index contributed by atoms with van der Waals surface area (Å²) in [5.74, 6) is 14.7. The molecule has 1 aromatic rings. The quantitative estimate of drug-likeness (QED) is 0.0167. The van der Waals surface area contributed by atoms with Gasteiger partial charge in [-0.3, -0.25) is 14.4 Å². The van der Waals surface area contributed by atoms with Gasteiger partial charge in [-0.2, -0.15) is 11.8 Å². The first-order valence-electron chi connectivity index (χ1n) is 43.5. The number of esters is 3. The fourth-order valence-corrected chi connectivity index (χ4v) is 14.4. The number of benzene rings is 1. The van der Waals surface area contributed by atoms with Gasteiger partial charge in [0, 0.05) is 60.6 Å². The molecule has 1 rings (SSSR count). The van der Waals surface area contributed by atoms with Gasteiger partial charge in [0.15, 0.2) is 0 Å². The molecule has 0 saturated heterocycles. The molecule has 712 valence electrons. The Balaban J connectivity index is -0.0000000661. The number of halogens is 3. The third-order valence-electron chi connectivity index (χ3n) is 11.7.